The third-order valence-corrected chi connectivity index (χ3v) is 3.67. The first-order chi connectivity index (χ1) is 6.15. The maximum absolute atomic E-state index is 11.6. The molecule has 1 heterocycles. The number of amides is 1. The molecule has 5 heteroatoms. The average molecular weight is 239 g/mol. The van der Waals surface area contributed by atoms with Crippen LogP contribution < -0.4 is 5.73 Å². The van der Waals surface area contributed by atoms with Gasteiger partial charge in [0.15, 0.2) is 0 Å². The molecule has 14 heavy (non-hydrogen) atoms. The van der Waals surface area contributed by atoms with Crippen molar-refractivity contribution in [2.24, 2.45) is 5.73 Å². The molecule has 0 aromatic heterocycles. The van der Waals surface area contributed by atoms with E-state index in [4.69, 9.17) is 5.73 Å². The molecule has 2 atom stereocenters. The molecule has 0 aromatic carbocycles. The fraction of sp³-hybridized carbons (Fsp3) is 0.889. The predicted molar refractivity (Wildman–Crippen MR) is 64.0 cm³/mol. The van der Waals surface area contributed by atoms with Gasteiger partial charge in [0, 0.05) is 24.1 Å². The highest BCUT2D eigenvalue weighted by Gasteiger charge is 2.24. The van der Waals surface area contributed by atoms with E-state index >= 15 is 0 Å². The number of hydrogen-bond donors (Lipinski definition) is 1. The molecular formula is C9H19ClN2OS. The van der Waals surface area contributed by atoms with E-state index in [-0.39, 0.29) is 24.4 Å². The Balaban J connectivity index is 0.00000169. The van der Waals surface area contributed by atoms with Gasteiger partial charge < -0.3 is 10.6 Å². The summed E-state index contributed by atoms with van der Waals surface area (Å²) in [4.78, 5) is 13.4. The number of rotatable bonds is 2. The lowest BCUT2D eigenvalue weighted by atomic mass is 10.2. The van der Waals surface area contributed by atoms with Gasteiger partial charge in [-0.3, -0.25) is 4.79 Å². The molecule has 1 fully saturated rings. The Labute approximate surface area is 96.2 Å². The van der Waals surface area contributed by atoms with Crippen molar-refractivity contribution in [2.45, 2.75) is 31.6 Å². The van der Waals surface area contributed by atoms with Gasteiger partial charge in [0.1, 0.15) is 0 Å². The summed E-state index contributed by atoms with van der Waals surface area (Å²) in [5.74, 6) is 1.15. The Hall–Kier alpha value is 0.0700. The average Bonchev–Trinajstić information content (AvgIpc) is 2.16. The number of thioether (sulfide) groups is 1. The third-order valence-electron chi connectivity index (χ3n) is 2.30. The number of hydrogen-bond acceptors (Lipinski definition) is 3. The predicted octanol–water partition coefficient (Wildman–Crippen LogP) is 1.11. The molecule has 0 radical (unpaired) electrons. The molecule has 84 valence electrons. The van der Waals surface area contributed by atoms with E-state index < -0.39 is 0 Å². The van der Waals surface area contributed by atoms with Gasteiger partial charge in [0.25, 0.3) is 0 Å². The lowest BCUT2D eigenvalue weighted by Crippen LogP contribution is -2.48. The maximum Gasteiger partial charge on any atom is 0.239 e. The second kappa shape index (κ2) is 6.53. The monoisotopic (exact) mass is 238 g/mol. The van der Waals surface area contributed by atoms with E-state index in [9.17, 15) is 4.79 Å². The molecule has 1 amide bonds. The summed E-state index contributed by atoms with van der Waals surface area (Å²) in [7, 11) is 0. The summed E-state index contributed by atoms with van der Waals surface area (Å²) >= 11 is 1.96. The molecule has 0 spiro atoms. The number of nitrogens with two attached hydrogens (primary N) is 1. The first-order valence-electron chi connectivity index (χ1n) is 4.81. The van der Waals surface area contributed by atoms with Crippen molar-refractivity contribution in [2.75, 3.05) is 18.8 Å². The van der Waals surface area contributed by atoms with Crippen LogP contribution in [0.1, 0.15) is 20.3 Å². The Morgan fingerprint density at radius 3 is 2.86 bits per heavy atom. The third kappa shape index (κ3) is 3.67. The summed E-state index contributed by atoms with van der Waals surface area (Å²) in [5.41, 5.74) is 5.56. The van der Waals surface area contributed by atoms with Gasteiger partial charge in [-0.25, -0.2) is 0 Å². The van der Waals surface area contributed by atoms with E-state index in [1.807, 2.05) is 16.7 Å². The Bertz CT molecular complexity index is 190. The first kappa shape index (κ1) is 14.1. The highest BCUT2D eigenvalue weighted by atomic mass is 35.5. The quantitative estimate of drug-likeness (QED) is 0.784. The zero-order chi connectivity index (χ0) is 9.84. The molecule has 0 bridgehead atoms. The number of carbonyl (C=O) groups is 1. The van der Waals surface area contributed by atoms with Gasteiger partial charge in [0.2, 0.25) is 5.91 Å². The van der Waals surface area contributed by atoms with Crippen molar-refractivity contribution < 1.29 is 4.79 Å². The van der Waals surface area contributed by atoms with Crippen LogP contribution in [0.25, 0.3) is 0 Å². The Kier molecular flexibility index (Phi) is 6.57. The zero-order valence-corrected chi connectivity index (χ0v) is 10.4. The van der Waals surface area contributed by atoms with Gasteiger partial charge in [-0.2, -0.15) is 11.8 Å². The van der Waals surface area contributed by atoms with Crippen LogP contribution in [0.2, 0.25) is 0 Å². The second-order valence-electron chi connectivity index (χ2n) is 3.47. The first-order valence-corrected chi connectivity index (χ1v) is 5.86. The van der Waals surface area contributed by atoms with Crippen molar-refractivity contribution in [1.29, 1.82) is 0 Å². The summed E-state index contributed by atoms with van der Waals surface area (Å²) in [5, 5.41) is 0.608. The number of nitrogens with zero attached hydrogens (tertiary/aromatic N) is 1. The van der Waals surface area contributed by atoms with Crippen LogP contribution >= 0.6 is 24.2 Å². The highest BCUT2D eigenvalue weighted by Crippen LogP contribution is 2.21. The van der Waals surface area contributed by atoms with Gasteiger partial charge in [0.05, 0.1) is 6.04 Å². The smallest absolute Gasteiger partial charge is 0.239 e. The van der Waals surface area contributed by atoms with Crippen molar-refractivity contribution in [3.63, 3.8) is 0 Å². The molecule has 1 aliphatic rings. The molecule has 1 saturated heterocycles. The molecule has 2 unspecified atom stereocenters. The fourth-order valence-electron chi connectivity index (χ4n) is 1.45. The maximum atomic E-state index is 11.6. The van der Waals surface area contributed by atoms with Crippen molar-refractivity contribution in [3.05, 3.63) is 0 Å². The summed E-state index contributed by atoms with van der Waals surface area (Å²) in [6.07, 6.45) is 1.13. The largest absolute Gasteiger partial charge is 0.339 e. The number of halogens is 1. The van der Waals surface area contributed by atoms with Gasteiger partial charge in [-0.1, -0.05) is 6.92 Å². The van der Waals surface area contributed by atoms with Crippen LogP contribution in [0.15, 0.2) is 0 Å². The molecular weight excluding hydrogens is 220 g/mol. The highest BCUT2D eigenvalue weighted by molar-refractivity contribution is 8.00. The molecule has 1 rings (SSSR count). The summed E-state index contributed by atoms with van der Waals surface area (Å²) in [6, 6.07) is -0.347. The normalized spacial score (nSPS) is 23.9. The van der Waals surface area contributed by atoms with E-state index in [0.29, 0.717) is 5.25 Å². The lowest BCUT2D eigenvalue weighted by molar-refractivity contribution is -0.132. The molecule has 1 aliphatic heterocycles. The van der Waals surface area contributed by atoms with Gasteiger partial charge in [-0.05, 0) is 13.3 Å². The van der Waals surface area contributed by atoms with Crippen molar-refractivity contribution in [3.8, 4) is 0 Å². The molecule has 0 saturated carbocycles. The zero-order valence-electron chi connectivity index (χ0n) is 8.73. The topological polar surface area (TPSA) is 46.3 Å². The van der Waals surface area contributed by atoms with Crippen LogP contribution in [0.4, 0.5) is 0 Å². The van der Waals surface area contributed by atoms with Crippen LogP contribution in [-0.2, 0) is 4.79 Å². The van der Waals surface area contributed by atoms with E-state index in [0.717, 1.165) is 25.3 Å². The fourth-order valence-corrected chi connectivity index (χ4v) is 2.63. The summed E-state index contributed by atoms with van der Waals surface area (Å²) in [6.45, 7) is 5.66. The van der Waals surface area contributed by atoms with Gasteiger partial charge in [-0.15, -0.1) is 12.4 Å². The van der Waals surface area contributed by atoms with E-state index in [1.165, 1.54) is 0 Å². The molecule has 0 aliphatic carbocycles. The lowest BCUT2D eigenvalue weighted by Gasteiger charge is -2.32. The second-order valence-corrected chi connectivity index (χ2v) is 4.88. The minimum atomic E-state index is -0.347. The van der Waals surface area contributed by atoms with Crippen LogP contribution in [0.3, 0.4) is 0 Å². The standard InChI is InChI=1S/C9H18N2OS.ClH/c1-3-8-6-11(4-5-13-8)9(12)7(2)10;/h7-8H,3-6,10H2,1-2H3;1H. The Morgan fingerprint density at radius 1 is 1.71 bits per heavy atom. The van der Waals surface area contributed by atoms with Crippen molar-refractivity contribution in [1.82, 2.24) is 4.90 Å². The Morgan fingerprint density at radius 2 is 2.36 bits per heavy atom. The molecule has 3 nitrogen and oxygen atoms in total. The summed E-state index contributed by atoms with van der Waals surface area (Å²) < 4.78 is 0. The van der Waals surface area contributed by atoms with Crippen LogP contribution in [0, 0.1) is 0 Å². The van der Waals surface area contributed by atoms with Crippen LogP contribution in [0.5, 0.6) is 0 Å². The number of carbonyl (C=O) groups excluding carboxylic acids is 1. The van der Waals surface area contributed by atoms with Crippen LogP contribution in [-0.4, -0.2) is 40.9 Å². The van der Waals surface area contributed by atoms with E-state index in [2.05, 4.69) is 6.92 Å². The molecule has 0 aromatic rings. The SMILES string of the molecule is CCC1CN(C(=O)C(C)N)CCS1.Cl. The minimum absolute atomic E-state index is 0. The van der Waals surface area contributed by atoms with Gasteiger partial charge >= 0.3 is 0 Å². The minimum Gasteiger partial charge on any atom is -0.339 e. The molecule has 2 N–H and O–H groups in total. The van der Waals surface area contributed by atoms with Crippen molar-refractivity contribution >= 4 is 30.1 Å². The van der Waals surface area contributed by atoms with E-state index in [1.54, 1.807) is 6.92 Å².